The van der Waals surface area contributed by atoms with Gasteiger partial charge in [0.15, 0.2) is 0 Å². The molecule has 2 rings (SSSR count). The number of carbonyl (C=O) groups is 1. The lowest BCUT2D eigenvalue weighted by Gasteiger charge is -2.21. The summed E-state index contributed by atoms with van der Waals surface area (Å²) in [6, 6.07) is 6.12. The van der Waals surface area contributed by atoms with Crippen LogP contribution in [0.25, 0.3) is 0 Å². The summed E-state index contributed by atoms with van der Waals surface area (Å²) in [6.07, 6.45) is 3.15. The number of hydrogen-bond donors (Lipinski definition) is 1. The van der Waals surface area contributed by atoms with Crippen LogP contribution in [-0.4, -0.2) is 38.9 Å². The van der Waals surface area contributed by atoms with Crippen molar-refractivity contribution in [2.45, 2.75) is 25.7 Å². The average Bonchev–Trinajstić information content (AvgIpc) is 2.52. The third kappa shape index (κ3) is 6.54. The molecule has 1 saturated heterocycles. The van der Waals surface area contributed by atoms with Crippen molar-refractivity contribution in [3.63, 3.8) is 0 Å². The third-order valence-electron chi connectivity index (χ3n) is 3.74. The molecule has 0 aromatic heterocycles. The molecule has 1 aromatic rings. The Kier molecular flexibility index (Phi) is 7.33. The van der Waals surface area contributed by atoms with Crippen LogP contribution in [0.5, 0.6) is 0 Å². The van der Waals surface area contributed by atoms with Gasteiger partial charge in [0, 0.05) is 33.0 Å². The molecule has 1 aliphatic heterocycles. The minimum atomic E-state index is -0.313. The van der Waals surface area contributed by atoms with Crippen LogP contribution in [0.4, 0.5) is 4.39 Å². The maximum Gasteiger partial charge on any atom is 0.224 e. The highest BCUT2D eigenvalue weighted by molar-refractivity contribution is 5.78. The first-order valence-electron chi connectivity index (χ1n) is 7.90. The zero-order valence-electron chi connectivity index (χ0n) is 12.9. The second kappa shape index (κ2) is 9.54. The number of nitrogens with one attached hydrogen (secondary N) is 1. The summed E-state index contributed by atoms with van der Waals surface area (Å²) in [7, 11) is 0. The summed E-state index contributed by atoms with van der Waals surface area (Å²) in [6.45, 7) is 3.69. The van der Waals surface area contributed by atoms with Gasteiger partial charge < -0.3 is 14.8 Å². The lowest BCUT2D eigenvalue weighted by Crippen LogP contribution is -2.27. The molecule has 1 aliphatic rings. The van der Waals surface area contributed by atoms with Crippen molar-refractivity contribution in [3.05, 3.63) is 35.6 Å². The van der Waals surface area contributed by atoms with Crippen molar-refractivity contribution in [2.24, 2.45) is 5.92 Å². The van der Waals surface area contributed by atoms with Crippen LogP contribution in [0.2, 0.25) is 0 Å². The van der Waals surface area contributed by atoms with Crippen molar-refractivity contribution in [3.8, 4) is 0 Å². The third-order valence-corrected chi connectivity index (χ3v) is 3.74. The van der Waals surface area contributed by atoms with Gasteiger partial charge in [-0.05, 0) is 42.9 Å². The van der Waals surface area contributed by atoms with E-state index in [-0.39, 0.29) is 18.1 Å². The molecule has 1 N–H and O–H groups in total. The molecule has 0 saturated carbocycles. The van der Waals surface area contributed by atoms with Crippen LogP contribution in [0, 0.1) is 11.7 Å². The molecule has 1 fully saturated rings. The fraction of sp³-hybridized carbons (Fsp3) is 0.588. The van der Waals surface area contributed by atoms with Gasteiger partial charge in [0.05, 0.1) is 6.42 Å². The predicted molar refractivity (Wildman–Crippen MR) is 82.1 cm³/mol. The number of carbonyl (C=O) groups excluding carboxylic acids is 1. The lowest BCUT2D eigenvalue weighted by molar-refractivity contribution is -0.120. The first-order valence-corrected chi connectivity index (χ1v) is 7.90. The lowest BCUT2D eigenvalue weighted by atomic mass is 10.0. The molecule has 0 aliphatic carbocycles. The van der Waals surface area contributed by atoms with E-state index in [1.165, 1.54) is 12.1 Å². The van der Waals surface area contributed by atoms with Crippen LogP contribution in [0.3, 0.4) is 0 Å². The van der Waals surface area contributed by atoms with E-state index < -0.39 is 0 Å². The Morgan fingerprint density at radius 1 is 1.36 bits per heavy atom. The number of rotatable bonds is 8. The first-order chi connectivity index (χ1) is 10.7. The quantitative estimate of drug-likeness (QED) is 0.750. The Labute approximate surface area is 131 Å². The van der Waals surface area contributed by atoms with E-state index in [0.717, 1.165) is 39.1 Å². The average molecular weight is 309 g/mol. The number of halogens is 1. The normalized spacial score (nSPS) is 15.7. The van der Waals surface area contributed by atoms with Crippen molar-refractivity contribution in [1.82, 2.24) is 5.32 Å². The molecule has 0 unspecified atom stereocenters. The van der Waals surface area contributed by atoms with E-state index in [2.05, 4.69) is 5.32 Å². The molecule has 0 spiro atoms. The van der Waals surface area contributed by atoms with Gasteiger partial charge in [-0.2, -0.15) is 0 Å². The molecular formula is C17H24FNO3. The highest BCUT2D eigenvalue weighted by atomic mass is 19.1. The highest BCUT2D eigenvalue weighted by Gasteiger charge is 2.13. The van der Waals surface area contributed by atoms with Crippen molar-refractivity contribution in [1.29, 1.82) is 0 Å². The van der Waals surface area contributed by atoms with Crippen LogP contribution in [0.1, 0.15) is 24.8 Å². The molecule has 1 heterocycles. The predicted octanol–water partition coefficient (Wildman–Crippen LogP) is 2.32. The molecule has 122 valence electrons. The summed E-state index contributed by atoms with van der Waals surface area (Å²) in [5.41, 5.74) is 0.688. The molecule has 0 bridgehead atoms. The van der Waals surface area contributed by atoms with Crippen molar-refractivity contribution >= 4 is 5.91 Å². The zero-order valence-corrected chi connectivity index (χ0v) is 12.9. The number of amides is 1. The van der Waals surface area contributed by atoms with Crippen molar-refractivity contribution < 1.29 is 18.7 Å². The van der Waals surface area contributed by atoms with E-state index >= 15 is 0 Å². The molecular weight excluding hydrogens is 285 g/mol. The van der Waals surface area contributed by atoms with Gasteiger partial charge in [0.25, 0.3) is 0 Å². The second-order valence-electron chi connectivity index (χ2n) is 5.64. The Morgan fingerprint density at radius 3 is 2.95 bits per heavy atom. The van der Waals surface area contributed by atoms with Gasteiger partial charge in [0.2, 0.25) is 5.91 Å². The minimum absolute atomic E-state index is 0.0879. The zero-order chi connectivity index (χ0) is 15.6. The fourth-order valence-corrected chi connectivity index (χ4v) is 2.46. The molecule has 0 radical (unpaired) electrons. The van der Waals surface area contributed by atoms with Crippen molar-refractivity contribution in [2.75, 3.05) is 33.0 Å². The van der Waals surface area contributed by atoms with E-state index in [1.807, 2.05) is 0 Å². The Bertz CT molecular complexity index is 461. The summed E-state index contributed by atoms with van der Waals surface area (Å²) in [5, 5.41) is 2.83. The summed E-state index contributed by atoms with van der Waals surface area (Å²) < 4.78 is 23.9. The van der Waals surface area contributed by atoms with Crippen LogP contribution >= 0.6 is 0 Å². The molecule has 4 nitrogen and oxygen atoms in total. The van der Waals surface area contributed by atoms with Gasteiger partial charge in [-0.25, -0.2) is 4.39 Å². The van der Waals surface area contributed by atoms with Gasteiger partial charge in [-0.1, -0.05) is 12.1 Å². The minimum Gasteiger partial charge on any atom is -0.381 e. The van der Waals surface area contributed by atoms with Gasteiger partial charge in [-0.15, -0.1) is 0 Å². The van der Waals surface area contributed by atoms with Crippen LogP contribution in [0.15, 0.2) is 24.3 Å². The van der Waals surface area contributed by atoms with Gasteiger partial charge in [0.1, 0.15) is 5.82 Å². The van der Waals surface area contributed by atoms with Gasteiger partial charge in [-0.3, -0.25) is 4.79 Å². The molecule has 5 heteroatoms. The first kappa shape index (κ1) is 16.9. The molecule has 22 heavy (non-hydrogen) atoms. The highest BCUT2D eigenvalue weighted by Crippen LogP contribution is 2.14. The smallest absolute Gasteiger partial charge is 0.224 e. The molecule has 1 aromatic carbocycles. The number of hydrogen-bond acceptors (Lipinski definition) is 3. The molecule has 1 amide bonds. The van der Waals surface area contributed by atoms with Gasteiger partial charge >= 0.3 is 0 Å². The largest absolute Gasteiger partial charge is 0.381 e. The Hall–Kier alpha value is -1.46. The van der Waals surface area contributed by atoms with E-state index in [1.54, 1.807) is 12.1 Å². The van der Waals surface area contributed by atoms with Crippen LogP contribution in [-0.2, 0) is 20.7 Å². The summed E-state index contributed by atoms with van der Waals surface area (Å²) in [4.78, 5) is 11.7. The maximum absolute atomic E-state index is 13.0. The second-order valence-corrected chi connectivity index (χ2v) is 5.64. The summed E-state index contributed by atoms with van der Waals surface area (Å²) in [5.74, 6) is 0.207. The standard InChI is InChI=1S/C17H24FNO3/c18-16-4-1-3-15(11-16)12-17(20)19-7-2-8-22-13-14-5-9-21-10-6-14/h1,3-4,11,14H,2,5-10,12-13H2,(H,19,20). The monoisotopic (exact) mass is 309 g/mol. The Morgan fingerprint density at radius 2 is 2.18 bits per heavy atom. The topological polar surface area (TPSA) is 47.6 Å². The van der Waals surface area contributed by atoms with E-state index in [9.17, 15) is 9.18 Å². The number of benzene rings is 1. The SMILES string of the molecule is O=C(Cc1cccc(F)c1)NCCCOCC1CCOCC1. The van der Waals surface area contributed by atoms with Crippen LogP contribution < -0.4 is 5.32 Å². The Balaban J connectivity index is 1.50. The summed E-state index contributed by atoms with van der Waals surface area (Å²) >= 11 is 0. The molecule has 0 atom stereocenters. The fourth-order valence-electron chi connectivity index (χ4n) is 2.46. The van der Waals surface area contributed by atoms with E-state index in [4.69, 9.17) is 9.47 Å². The number of ether oxygens (including phenoxy) is 2. The van der Waals surface area contributed by atoms with E-state index in [0.29, 0.717) is 24.6 Å². The maximum atomic E-state index is 13.0.